The average Bonchev–Trinajstić information content (AvgIpc) is 3.32. The molecule has 2 aliphatic rings. The molecule has 3 aromatic rings. The molecule has 0 bridgehead atoms. The highest BCUT2D eigenvalue weighted by Crippen LogP contribution is 2.31. The van der Waals surface area contributed by atoms with E-state index >= 15 is 0 Å². The number of amides is 1. The molecule has 168 valence electrons. The lowest BCUT2D eigenvalue weighted by Crippen LogP contribution is -2.36. The Morgan fingerprint density at radius 3 is 2.42 bits per heavy atom. The van der Waals surface area contributed by atoms with Crippen molar-refractivity contribution in [2.45, 2.75) is 13.8 Å². The molecule has 1 amide bonds. The first-order valence-corrected chi connectivity index (χ1v) is 11.9. The van der Waals surface area contributed by atoms with E-state index in [0.717, 1.165) is 54.6 Å². The molecule has 0 saturated carbocycles. The predicted molar refractivity (Wildman–Crippen MR) is 136 cm³/mol. The zero-order valence-electron chi connectivity index (χ0n) is 18.7. The summed E-state index contributed by atoms with van der Waals surface area (Å²) in [6.45, 7) is 7.58. The summed E-state index contributed by atoms with van der Waals surface area (Å²) >= 11 is 1.37. The number of hydrogen-bond donors (Lipinski definition) is 1. The number of ether oxygens (including phenoxy) is 1. The van der Waals surface area contributed by atoms with E-state index in [1.54, 1.807) is 0 Å². The van der Waals surface area contributed by atoms with Gasteiger partial charge in [-0.3, -0.25) is 4.79 Å². The van der Waals surface area contributed by atoms with E-state index in [2.05, 4.69) is 64.0 Å². The summed E-state index contributed by atoms with van der Waals surface area (Å²) < 4.78 is 7.69. The van der Waals surface area contributed by atoms with Crippen molar-refractivity contribution >= 4 is 40.3 Å². The van der Waals surface area contributed by atoms with Crippen molar-refractivity contribution in [3.63, 3.8) is 0 Å². The first kappa shape index (κ1) is 21.6. The number of morpholine rings is 1. The number of para-hydroxylation sites is 1. The van der Waals surface area contributed by atoms with Gasteiger partial charge in [0.2, 0.25) is 0 Å². The molecular weight excluding hydrogens is 432 g/mol. The molecule has 2 saturated heterocycles. The van der Waals surface area contributed by atoms with E-state index in [-0.39, 0.29) is 5.91 Å². The Hall–Kier alpha value is -3.29. The van der Waals surface area contributed by atoms with Crippen LogP contribution in [0.25, 0.3) is 11.8 Å². The first-order valence-electron chi connectivity index (χ1n) is 11.1. The Morgan fingerprint density at radius 1 is 1.00 bits per heavy atom. The fourth-order valence-corrected chi connectivity index (χ4v) is 5.04. The van der Waals surface area contributed by atoms with Gasteiger partial charge in [0.25, 0.3) is 5.91 Å². The second-order valence-corrected chi connectivity index (χ2v) is 9.13. The molecule has 0 aliphatic carbocycles. The summed E-state index contributed by atoms with van der Waals surface area (Å²) in [6, 6.07) is 20.4. The number of carbonyl (C=O) groups is 1. The quantitative estimate of drug-likeness (QED) is 0.570. The van der Waals surface area contributed by atoms with Gasteiger partial charge in [0.15, 0.2) is 5.17 Å². The number of anilines is 1. The highest BCUT2D eigenvalue weighted by molar-refractivity contribution is 8.18. The van der Waals surface area contributed by atoms with Gasteiger partial charge in [-0.2, -0.15) is 0 Å². The highest BCUT2D eigenvalue weighted by atomic mass is 32.2. The summed E-state index contributed by atoms with van der Waals surface area (Å²) in [5.74, 6) is -0.116. The zero-order chi connectivity index (χ0) is 22.8. The summed E-state index contributed by atoms with van der Waals surface area (Å²) in [4.78, 5) is 20.1. The first-order chi connectivity index (χ1) is 16.1. The number of nitrogens with zero attached hydrogens (tertiary/aromatic N) is 3. The van der Waals surface area contributed by atoms with Crippen LogP contribution in [0, 0.1) is 13.8 Å². The minimum Gasteiger partial charge on any atom is -0.378 e. The van der Waals surface area contributed by atoms with Crippen LogP contribution in [0.5, 0.6) is 0 Å². The maximum absolute atomic E-state index is 12.5. The SMILES string of the molecule is Cc1cc(/C=C2\SC(=Nc3ccccc3)NC2=O)c(C)n1-c1ccc(N2CCOCC2)cc1. The van der Waals surface area contributed by atoms with E-state index < -0.39 is 0 Å². The Morgan fingerprint density at radius 2 is 1.70 bits per heavy atom. The number of thioether (sulfide) groups is 1. The van der Waals surface area contributed by atoms with Crippen molar-refractivity contribution in [3.05, 3.63) is 82.5 Å². The van der Waals surface area contributed by atoms with Gasteiger partial charge in [-0.1, -0.05) is 18.2 Å². The Kier molecular flexibility index (Phi) is 6.07. The molecule has 5 rings (SSSR count). The topological polar surface area (TPSA) is 58.9 Å². The third-order valence-electron chi connectivity index (χ3n) is 5.88. The minimum atomic E-state index is -0.116. The van der Waals surface area contributed by atoms with Gasteiger partial charge in [-0.25, -0.2) is 4.99 Å². The molecule has 0 spiro atoms. The van der Waals surface area contributed by atoms with Crippen LogP contribution in [0.3, 0.4) is 0 Å². The number of carbonyl (C=O) groups excluding carboxylic acids is 1. The second-order valence-electron chi connectivity index (χ2n) is 8.09. The normalized spacial score (nSPS) is 18.8. The van der Waals surface area contributed by atoms with E-state index in [9.17, 15) is 4.79 Å². The van der Waals surface area contributed by atoms with Crippen LogP contribution in [0.15, 0.2) is 70.6 Å². The van der Waals surface area contributed by atoms with Crippen molar-refractivity contribution in [1.29, 1.82) is 0 Å². The molecule has 0 atom stereocenters. The summed E-state index contributed by atoms with van der Waals surface area (Å²) in [5.41, 5.74) is 6.40. The molecule has 1 N–H and O–H groups in total. The van der Waals surface area contributed by atoms with Crippen LogP contribution >= 0.6 is 11.8 Å². The lowest BCUT2D eigenvalue weighted by atomic mass is 10.2. The average molecular weight is 459 g/mol. The lowest BCUT2D eigenvalue weighted by Gasteiger charge is -2.29. The summed E-state index contributed by atoms with van der Waals surface area (Å²) in [5, 5.41) is 3.47. The van der Waals surface area contributed by atoms with Gasteiger partial charge in [-0.05, 0) is 79.7 Å². The van der Waals surface area contributed by atoms with Gasteiger partial charge in [0.05, 0.1) is 23.8 Å². The number of nitrogens with one attached hydrogen (secondary N) is 1. The summed E-state index contributed by atoms with van der Waals surface area (Å²) in [6.07, 6.45) is 1.95. The van der Waals surface area contributed by atoms with Crippen LogP contribution < -0.4 is 10.2 Å². The van der Waals surface area contributed by atoms with Gasteiger partial charge in [0, 0.05) is 35.9 Å². The van der Waals surface area contributed by atoms with E-state index in [1.807, 2.05) is 36.4 Å². The molecule has 0 radical (unpaired) electrons. The van der Waals surface area contributed by atoms with E-state index in [4.69, 9.17) is 4.74 Å². The van der Waals surface area contributed by atoms with Crippen LogP contribution in [0.1, 0.15) is 17.0 Å². The maximum atomic E-state index is 12.5. The predicted octanol–water partition coefficient (Wildman–Crippen LogP) is 4.82. The van der Waals surface area contributed by atoms with Gasteiger partial charge in [-0.15, -0.1) is 0 Å². The number of amidine groups is 1. The third kappa shape index (κ3) is 4.60. The zero-order valence-corrected chi connectivity index (χ0v) is 19.6. The number of hydrogen-bond acceptors (Lipinski definition) is 5. The van der Waals surface area contributed by atoms with Gasteiger partial charge in [0.1, 0.15) is 0 Å². The van der Waals surface area contributed by atoms with Crippen LogP contribution in [-0.4, -0.2) is 41.9 Å². The summed E-state index contributed by atoms with van der Waals surface area (Å²) in [7, 11) is 0. The van der Waals surface area contributed by atoms with Crippen LogP contribution in [0.2, 0.25) is 0 Å². The van der Waals surface area contributed by atoms with Crippen molar-refractivity contribution in [1.82, 2.24) is 9.88 Å². The molecule has 0 unspecified atom stereocenters. The monoisotopic (exact) mass is 458 g/mol. The number of aliphatic imine (C=N–C) groups is 1. The molecular formula is C26H26N4O2S. The maximum Gasteiger partial charge on any atom is 0.264 e. The second kappa shape index (κ2) is 9.29. The molecule has 2 fully saturated rings. The molecule has 2 aromatic carbocycles. The number of rotatable bonds is 4. The highest BCUT2D eigenvalue weighted by Gasteiger charge is 2.24. The van der Waals surface area contributed by atoms with Crippen molar-refractivity contribution in [2.24, 2.45) is 4.99 Å². The minimum absolute atomic E-state index is 0.116. The van der Waals surface area contributed by atoms with Crippen LogP contribution in [-0.2, 0) is 9.53 Å². The molecule has 3 heterocycles. The van der Waals surface area contributed by atoms with Gasteiger partial charge < -0.3 is 19.5 Å². The van der Waals surface area contributed by atoms with Crippen molar-refractivity contribution in [2.75, 3.05) is 31.2 Å². The van der Waals surface area contributed by atoms with Crippen LogP contribution in [0.4, 0.5) is 11.4 Å². The Labute approximate surface area is 198 Å². The van der Waals surface area contributed by atoms with Crippen molar-refractivity contribution < 1.29 is 9.53 Å². The number of aryl methyl sites for hydroxylation is 1. The molecule has 2 aliphatic heterocycles. The largest absolute Gasteiger partial charge is 0.378 e. The molecule has 6 nitrogen and oxygen atoms in total. The van der Waals surface area contributed by atoms with E-state index in [1.165, 1.54) is 17.4 Å². The van der Waals surface area contributed by atoms with Gasteiger partial charge >= 0.3 is 0 Å². The number of aromatic nitrogens is 1. The standard InChI is InChI=1S/C26H26N4O2S/c1-18-16-20(17-24-25(31)28-26(33-24)27-21-6-4-3-5-7-21)19(2)30(18)23-10-8-22(9-11-23)29-12-14-32-15-13-29/h3-11,16-17H,12-15H2,1-2H3,(H,27,28,31)/b24-17-. The molecule has 33 heavy (non-hydrogen) atoms. The molecule has 1 aromatic heterocycles. The number of benzene rings is 2. The lowest BCUT2D eigenvalue weighted by molar-refractivity contribution is -0.115. The Bertz CT molecular complexity index is 1220. The smallest absolute Gasteiger partial charge is 0.264 e. The fraction of sp³-hybridized carbons (Fsp3) is 0.231. The third-order valence-corrected chi connectivity index (χ3v) is 6.79. The molecule has 7 heteroatoms. The van der Waals surface area contributed by atoms with Crippen molar-refractivity contribution in [3.8, 4) is 5.69 Å². The Balaban J connectivity index is 1.38. The van der Waals surface area contributed by atoms with E-state index in [0.29, 0.717) is 10.1 Å². The fourth-order valence-electron chi connectivity index (χ4n) is 4.21.